The molecular weight excluding hydrogens is 328 g/mol. The molecule has 0 saturated heterocycles. The van der Waals surface area contributed by atoms with Gasteiger partial charge in [0.15, 0.2) is 0 Å². The molecule has 0 amide bonds. The van der Waals surface area contributed by atoms with Gasteiger partial charge in [0.05, 0.1) is 15.9 Å². The third-order valence-corrected chi connectivity index (χ3v) is 4.88. The molecule has 22 heavy (non-hydrogen) atoms. The van der Waals surface area contributed by atoms with Crippen LogP contribution in [0.15, 0.2) is 29.3 Å². The summed E-state index contributed by atoms with van der Waals surface area (Å²) in [6.07, 6.45) is 1.72. The SMILES string of the molecule is Cc1cnc(C(C)Nc2ccc(S(N)(=O)=O)cc2[N+](=O)[O-])s1. The van der Waals surface area contributed by atoms with Gasteiger partial charge in [-0.3, -0.25) is 10.1 Å². The van der Waals surface area contributed by atoms with Crippen LogP contribution in [0.4, 0.5) is 11.4 Å². The number of benzene rings is 1. The van der Waals surface area contributed by atoms with Crippen molar-refractivity contribution in [3.8, 4) is 0 Å². The van der Waals surface area contributed by atoms with Gasteiger partial charge in [0.2, 0.25) is 10.0 Å². The summed E-state index contributed by atoms with van der Waals surface area (Å²) in [5, 5.41) is 19.9. The Labute approximate surface area is 131 Å². The first-order chi connectivity index (χ1) is 10.2. The highest BCUT2D eigenvalue weighted by atomic mass is 32.2. The van der Waals surface area contributed by atoms with Crippen LogP contribution in [0.2, 0.25) is 0 Å². The van der Waals surface area contributed by atoms with Crippen LogP contribution in [0.5, 0.6) is 0 Å². The Morgan fingerprint density at radius 1 is 1.45 bits per heavy atom. The number of aryl methyl sites for hydroxylation is 1. The van der Waals surface area contributed by atoms with Crippen molar-refractivity contribution < 1.29 is 13.3 Å². The van der Waals surface area contributed by atoms with Gasteiger partial charge in [-0.05, 0) is 26.0 Å². The zero-order valence-corrected chi connectivity index (χ0v) is 13.4. The van der Waals surface area contributed by atoms with E-state index >= 15 is 0 Å². The lowest BCUT2D eigenvalue weighted by molar-refractivity contribution is -0.384. The number of thiazole rings is 1. The molecule has 8 nitrogen and oxygen atoms in total. The molecule has 2 aromatic rings. The first-order valence-electron chi connectivity index (χ1n) is 6.18. The monoisotopic (exact) mass is 342 g/mol. The van der Waals surface area contributed by atoms with Crippen molar-refractivity contribution in [2.24, 2.45) is 5.14 Å². The number of hydrogen-bond acceptors (Lipinski definition) is 7. The zero-order valence-electron chi connectivity index (χ0n) is 11.8. The molecule has 0 aliphatic carbocycles. The maximum absolute atomic E-state index is 11.3. The van der Waals surface area contributed by atoms with Crippen LogP contribution in [0, 0.1) is 17.0 Å². The topological polar surface area (TPSA) is 128 Å². The molecule has 0 radical (unpaired) electrons. The van der Waals surface area contributed by atoms with E-state index in [2.05, 4.69) is 10.3 Å². The first-order valence-corrected chi connectivity index (χ1v) is 8.55. The second-order valence-corrected chi connectivity index (χ2v) is 7.48. The summed E-state index contributed by atoms with van der Waals surface area (Å²) in [5.41, 5.74) is -0.149. The minimum Gasteiger partial charge on any atom is -0.371 e. The second kappa shape index (κ2) is 5.99. The second-order valence-electron chi connectivity index (χ2n) is 4.66. The number of sulfonamides is 1. The van der Waals surface area contributed by atoms with Crippen LogP contribution in [0.3, 0.4) is 0 Å². The molecule has 1 heterocycles. The molecule has 0 fully saturated rings. The normalized spacial score (nSPS) is 12.9. The van der Waals surface area contributed by atoms with Gasteiger partial charge in [-0.2, -0.15) is 0 Å². The lowest BCUT2D eigenvalue weighted by atomic mass is 10.2. The van der Waals surface area contributed by atoms with E-state index in [1.807, 2.05) is 13.8 Å². The molecule has 1 aromatic carbocycles. The molecule has 0 aliphatic heterocycles. The van der Waals surface area contributed by atoms with Crippen molar-refractivity contribution in [1.82, 2.24) is 4.98 Å². The van der Waals surface area contributed by atoms with Gasteiger partial charge in [0, 0.05) is 17.1 Å². The minimum absolute atomic E-state index is 0.206. The molecule has 1 atom stereocenters. The third kappa shape index (κ3) is 3.59. The molecular formula is C12H14N4O4S2. The molecule has 2 rings (SSSR count). The van der Waals surface area contributed by atoms with Gasteiger partial charge in [0.25, 0.3) is 5.69 Å². The van der Waals surface area contributed by atoms with Gasteiger partial charge in [-0.1, -0.05) is 0 Å². The number of nitrogens with one attached hydrogen (secondary N) is 1. The Kier molecular flexibility index (Phi) is 4.44. The molecule has 118 valence electrons. The van der Waals surface area contributed by atoms with Crippen LogP contribution in [0.1, 0.15) is 22.9 Å². The summed E-state index contributed by atoms with van der Waals surface area (Å²) in [6.45, 7) is 3.73. The van der Waals surface area contributed by atoms with Crippen molar-refractivity contribution in [2.45, 2.75) is 24.8 Å². The largest absolute Gasteiger partial charge is 0.371 e. The van der Waals surface area contributed by atoms with E-state index in [1.54, 1.807) is 6.20 Å². The number of nitro benzene ring substituents is 1. The predicted octanol–water partition coefficient (Wildman–Crippen LogP) is 2.18. The highest BCUT2D eigenvalue weighted by Gasteiger charge is 2.21. The standard InChI is InChI=1S/C12H14N4O4S2/c1-7-6-14-12(21-7)8(2)15-10-4-3-9(22(13,19)20)5-11(10)16(17)18/h3-6,8,15H,1-2H3,(H2,13,19,20). The van der Waals surface area contributed by atoms with Crippen LogP contribution < -0.4 is 10.5 Å². The van der Waals surface area contributed by atoms with Crippen LogP contribution in [0.25, 0.3) is 0 Å². The van der Waals surface area contributed by atoms with Gasteiger partial charge >= 0.3 is 0 Å². The van der Waals surface area contributed by atoms with Gasteiger partial charge in [-0.25, -0.2) is 18.5 Å². The average Bonchev–Trinajstić information content (AvgIpc) is 2.84. The minimum atomic E-state index is -4.00. The van der Waals surface area contributed by atoms with Crippen molar-refractivity contribution in [3.05, 3.63) is 44.4 Å². The fraction of sp³-hybridized carbons (Fsp3) is 0.250. The van der Waals surface area contributed by atoms with Gasteiger partial charge in [-0.15, -0.1) is 11.3 Å². The van der Waals surface area contributed by atoms with Crippen molar-refractivity contribution in [2.75, 3.05) is 5.32 Å². The maximum Gasteiger partial charge on any atom is 0.293 e. The Hall–Kier alpha value is -2.04. The Morgan fingerprint density at radius 3 is 2.64 bits per heavy atom. The molecule has 0 saturated carbocycles. The van der Waals surface area contributed by atoms with E-state index in [9.17, 15) is 18.5 Å². The number of aromatic nitrogens is 1. The lowest BCUT2D eigenvalue weighted by Crippen LogP contribution is -2.13. The number of nitrogens with zero attached hydrogens (tertiary/aromatic N) is 2. The number of nitrogens with two attached hydrogens (primary N) is 1. The summed E-state index contributed by atoms with van der Waals surface area (Å²) < 4.78 is 22.6. The number of primary sulfonamides is 1. The van der Waals surface area contributed by atoms with Gasteiger partial charge < -0.3 is 5.32 Å². The van der Waals surface area contributed by atoms with Crippen molar-refractivity contribution in [3.63, 3.8) is 0 Å². The fourth-order valence-corrected chi connectivity index (χ4v) is 3.14. The summed E-state index contributed by atoms with van der Waals surface area (Å²) in [4.78, 5) is 15.4. The van der Waals surface area contributed by atoms with E-state index in [0.717, 1.165) is 16.0 Å². The summed E-state index contributed by atoms with van der Waals surface area (Å²) in [7, 11) is -4.00. The molecule has 10 heteroatoms. The molecule has 0 bridgehead atoms. The Balaban J connectivity index is 2.36. The van der Waals surface area contributed by atoms with Gasteiger partial charge in [0.1, 0.15) is 10.7 Å². The molecule has 0 aliphatic rings. The zero-order chi connectivity index (χ0) is 16.5. The first kappa shape index (κ1) is 16.3. The van der Waals surface area contributed by atoms with E-state index in [4.69, 9.17) is 5.14 Å². The lowest BCUT2D eigenvalue weighted by Gasteiger charge is -2.13. The third-order valence-electron chi connectivity index (χ3n) is 2.88. The molecule has 0 spiro atoms. The number of hydrogen-bond donors (Lipinski definition) is 2. The Bertz CT molecular complexity index is 816. The van der Waals surface area contributed by atoms with Crippen molar-refractivity contribution >= 4 is 32.7 Å². The number of nitro groups is 1. The van der Waals surface area contributed by atoms with Crippen LogP contribution in [-0.2, 0) is 10.0 Å². The summed E-state index contributed by atoms with van der Waals surface area (Å²) >= 11 is 1.48. The molecule has 3 N–H and O–H groups in total. The highest BCUT2D eigenvalue weighted by molar-refractivity contribution is 7.89. The van der Waals surface area contributed by atoms with Crippen LogP contribution >= 0.6 is 11.3 Å². The van der Waals surface area contributed by atoms with E-state index in [1.165, 1.54) is 23.5 Å². The van der Waals surface area contributed by atoms with E-state index in [0.29, 0.717) is 0 Å². The average molecular weight is 342 g/mol. The van der Waals surface area contributed by atoms with E-state index in [-0.39, 0.29) is 22.3 Å². The summed E-state index contributed by atoms with van der Waals surface area (Å²) in [5.74, 6) is 0. The van der Waals surface area contributed by atoms with Crippen molar-refractivity contribution in [1.29, 1.82) is 0 Å². The number of anilines is 1. The maximum atomic E-state index is 11.3. The molecule has 1 aromatic heterocycles. The smallest absolute Gasteiger partial charge is 0.293 e. The number of rotatable bonds is 5. The molecule has 1 unspecified atom stereocenters. The van der Waals surface area contributed by atoms with E-state index < -0.39 is 14.9 Å². The fourth-order valence-electron chi connectivity index (χ4n) is 1.83. The Morgan fingerprint density at radius 2 is 2.14 bits per heavy atom. The quantitative estimate of drug-likeness (QED) is 0.633. The summed E-state index contributed by atoms with van der Waals surface area (Å²) in [6, 6.07) is 3.24. The predicted molar refractivity (Wildman–Crippen MR) is 83.4 cm³/mol. The highest BCUT2D eigenvalue weighted by Crippen LogP contribution is 2.31. The van der Waals surface area contributed by atoms with Crippen LogP contribution in [-0.4, -0.2) is 18.3 Å².